The molecule has 0 bridgehead atoms. The monoisotopic (exact) mass is 307 g/mol. The highest BCUT2D eigenvalue weighted by molar-refractivity contribution is 7.12. The summed E-state index contributed by atoms with van der Waals surface area (Å²) in [5.74, 6) is -1.02. The molecule has 2 aromatic heterocycles. The lowest BCUT2D eigenvalue weighted by atomic mass is 10.4. The van der Waals surface area contributed by atoms with Crippen molar-refractivity contribution in [2.24, 2.45) is 0 Å². The fraction of sp³-hybridized carbons (Fsp3) is 0.0909. The second-order valence-corrected chi connectivity index (χ2v) is 4.88. The molecule has 0 atom stereocenters. The van der Waals surface area contributed by atoms with Gasteiger partial charge in [-0.1, -0.05) is 6.07 Å². The number of thiophene rings is 1. The molecule has 0 aliphatic carbocycles. The molecule has 0 unspecified atom stereocenters. The van der Waals surface area contributed by atoms with Gasteiger partial charge in [0.05, 0.1) is 11.4 Å². The number of aromatic nitrogens is 2. The summed E-state index contributed by atoms with van der Waals surface area (Å²) >= 11 is 1.28. The predicted molar refractivity (Wildman–Crippen MR) is 80.6 cm³/mol. The number of nitrogens with two attached hydrogens (primary N) is 3. The average molecular weight is 307 g/mol. The largest absolute Gasteiger partial charge is 0.382 e. The van der Waals surface area contributed by atoms with Crippen LogP contribution in [-0.4, -0.2) is 28.3 Å². The van der Waals surface area contributed by atoms with E-state index < -0.39 is 5.91 Å². The van der Waals surface area contributed by atoms with Crippen molar-refractivity contribution >= 4 is 46.4 Å². The van der Waals surface area contributed by atoms with Crippen molar-refractivity contribution in [3.05, 3.63) is 22.4 Å². The van der Waals surface area contributed by atoms with Crippen LogP contribution in [-0.2, 0) is 4.79 Å². The lowest BCUT2D eigenvalue weighted by molar-refractivity contribution is -0.115. The summed E-state index contributed by atoms with van der Waals surface area (Å²) < 4.78 is 0. The van der Waals surface area contributed by atoms with Crippen LogP contribution in [0.15, 0.2) is 17.5 Å². The van der Waals surface area contributed by atoms with E-state index in [0.29, 0.717) is 4.88 Å². The van der Waals surface area contributed by atoms with Gasteiger partial charge < -0.3 is 27.8 Å². The van der Waals surface area contributed by atoms with Crippen molar-refractivity contribution in [2.75, 3.05) is 29.1 Å². The molecule has 0 saturated heterocycles. The van der Waals surface area contributed by atoms with Gasteiger partial charge >= 0.3 is 0 Å². The molecule has 2 rings (SSSR count). The number of anilines is 4. The van der Waals surface area contributed by atoms with Crippen LogP contribution >= 0.6 is 11.3 Å². The fourth-order valence-electron chi connectivity index (χ4n) is 1.48. The van der Waals surface area contributed by atoms with E-state index in [-0.39, 0.29) is 35.7 Å². The van der Waals surface area contributed by atoms with Gasteiger partial charge in [0.2, 0.25) is 11.9 Å². The van der Waals surface area contributed by atoms with Crippen LogP contribution < -0.4 is 27.8 Å². The van der Waals surface area contributed by atoms with Gasteiger partial charge in [-0.2, -0.15) is 9.97 Å². The number of nitrogens with one attached hydrogen (secondary N) is 2. The van der Waals surface area contributed by atoms with Crippen LogP contribution in [0.3, 0.4) is 0 Å². The third-order valence-corrected chi connectivity index (χ3v) is 3.27. The van der Waals surface area contributed by atoms with Crippen LogP contribution in [0.5, 0.6) is 0 Å². The minimum Gasteiger partial charge on any atom is -0.382 e. The number of hydrogen-bond acceptors (Lipinski definition) is 8. The van der Waals surface area contributed by atoms with Gasteiger partial charge in [0.15, 0.2) is 11.6 Å². The van der Waals surface area contributed by atoms with Crippen molar-refractivity contribution < 1.29 is 9.59 Å². The highest BCUT2D eigenvalue weighted by atomic mass is 32.1. The number of carbonyl (C=O) groups excluding carboxylic acids is 2. The summed E-state index contributed by atoms with van der Waals surface area (Å²) in [5.41, 5.74) is 16.6. The molecule has 0 fully saturated rings. The smallest absolute Gasteiger partial charge is 0.261 e. The first-order valence-electron chi connectivity index (χ1n) is 5.77. The molecule has 10 heteroatoms. The Hall–Kier alpha value is -2.88. The Labute approximate surface area is 123 Å². The fourth-order valence-corrected chi connectivity index (χ4v) is 2.12. The summed E-state index contributed by atoms with van der Waals surface area (Å²) in [4.78, 5) is 31.3. The summed E-state index contributed by atoms with van der Waals surface area (Å²) in [6, 6.07) is 3.40. The Bertz CT molecular complexity index is 648. The highest BCUT2D eigenvalue weighted by Gasteiger charge is 2.13. The standard InChI is InChI=1S/C11H13N7O2S/c12-8-7(9(13)18-11(14)17-8)16-6(19)4-15-10(20)5-2-1-3-21-5/h1-3H,4H2,(H,15,20)(H,16,19)(H6,12,13,14,17,18). The quantitative estimate of drug-likeness (QED) is 0.515. The molecule has 0 aliphatic heterocycles. The van der Waals surface area contributed by atoms with Gasteiger partial charge in [-0.3, -0.25) is 9.59 Å². The number of amides is 2. The maximum Gasteiger partial charge on any atom is 0.261 e. The minimum atomic E-state index is -0.508. The Morgan fingerprint density at radius 3 is 2.43 bits per heavy atom. The van der Waals surface area contributed by atoms with Crippen LogP contribution in [0, 0.1) is 0 Å². The van der Waals surface area contributed by atoms with Gasteiger partial charge in [-0.05, 0) is 11.4 Å². The number of carbonyl (C=O) groups is 2. The molecule has 0 spiro atoms. The Morgan fingerprint density at radius 2 is 1.86 bits per heavy atom. The topological polar surface area (TPSA) is 162 Å². The molecule has 8 N–H and O–H groups in total. The molecule has 0 saturated carbocycles. The molecule has 2 aromatic rings. The van der Waals surface area contributed by atoms with E-state index in [9.17, 15) is 9.59 Å². The maximum atomic E-state index is 11.8. The summed E-state index contributed by atoms with van der Waals surface area (Å²) in [6.45, 7) is -0.236. The van der Waals surface area contributed by atoms with E-state index in [0.717, 1.165) is 0 Å². The Kier molecular flexibility index (Phi) is 4.18. The van der Waals surface area contributed by atoms with Crippen LogP contribution in [0.2, 0.25) is 0 Å². The van der Waals surface area contributed by atoms with Crippen molar-refractivity contribution in [3.63, 3.8) is 0 Å². The molecule has 2 amide bonds. The Morgan fingerprint density at radius 1 is 1.19 bits per heavy atom. The average Bonchev–Trinajstić information content (AvgIpc) is 2.94. The predicted octanol–water partition coefficient (Wildman–Crippen LogP) is -0.347. The molecule has 0 aliphatic rings. The first-order valence-corrected chi connectivity index (χ1v) is 6.65. The second kappa shape index (κ2) is 6.05. The zero-order valence-corrected chi connectivity index (χ0v) is 11.6. The van der Waals surface area contributed by atoms with Crippen LogP contribution in [0.4, 0.5) is 23.3 Å². The van der Waals surface area contributed by atoms with E-state index in [4.69, 9.17) is 17.2 Å². The van der Waals surface area contributed by atoms with E-state index in [1.54, 1.807) is 17.5 Å². The molecule has 110 valence electrons. The molecule has 0 aromatic carbocycles. The first kappa shape index (κ1) is 14.5. The maximum absolute atomic E-state index is 11.8. The summed E-state index contributed by atoms with van der Waals surface area (Å²) in [6.07, 6.45) is 0. The number of nitrogen functional groups attached to an aromatic ring is 3. The number of hydrogen-bond donors (Lipinski definition) is 5. The molecular weight excluding hydrogens is 294 g/mol. The molecule has 9 nitrogen and oxygen atoms in total. The molecule has 2 heterocycles. The normalized spacial score (nSPS) is 10.1. The lowest BCUT2D eigenvalue weighted by Gasteiger charge is -2.10. The van der Waals surface area contributed by atoms with Crippen LogP contribution in [0.25, 0.3) is 0 Å². The van der Waals surface area contributed by atoms with Crippen molar-refractivity contribution in [3.8, 4) is 0 Å². The lowest BCUT2D eigenvalue weighted by Crippen LogP contribution is -2.33. The molecule has 21 heavy (non-hydrogen) atoms. The van der Waals surface area contributed by atoms with E-state index in [2.05, 4.69) is 20.6 Å². The van der Waals surface area contributed by atoms with Crippen molar-refractivity contribution in [1.29, 1.82) is 0 Å². The number of nitrogens with zero attached hydrogens (tertiary/aromatic N) is 2. The Balaban J connectivity index is 1.95. The molecular formula is C11H13N7O2S. The molecule has 0 radical (unpaired) electrons. The third-order valence-electron chi connectivity index (χ3n) is 2.40. The van der Waals surface area contributed by atoms with Crippen molar-refractivity contribution in [1.82, 2.24) is 15.3 Å². The first-order chi connectivity index (χ1) is 9.97. The van der Waals surface area contributed by atoms with Crippen LogP contribution in [0.1, 0.15) is 9.67 Å². The van der Waals surface area contributed by atoms with Crippen molar-refractivity contribution in [2.45, 2.75) is 0 Å². The van der Waals surface area contributed by atoms with E-state index >= 15 is 0 Å². The van der Waals surface area contributed by atoms with Gasteiger partial charge in [0.25, 0.3) is 5.91 Å². The summed E-state index contributed by atoms with van der Waals surface area (Å²) in [7, 11) is 0. The second-order valence-electron chi connectivity index (χ2n) is 3.94. The zero-order chi connectivity index (χ0) is 15.4. The zero-order valence-electron chi connectivity index (χ0n) is 10.8. The van der Waals surface area contributed by atoms with Gasteiger partial charge in [-0.25, -0.2) is 0 Å². The van der Waals surface area contributed by atoms with Gasteiger partial charge in [-0.15, -0.1) is 11.3 Å². The number of rotatable bonds is 4. The third kappa shape index (κ3) is 3.57. The summed E-state index contributed by atoms with van der Waals surface area (Å²) in [5, 5.41) is 6.66. The van der Waals surface area contributed by atoms with Gasteiger partial charge in [0.1, 0.15) is 5.69 Å². The highest BCUT2D eigenvalue weighted by Crippen LogP contribution is 2.22. The minimum absolute atomic E-state index is 0.0436. The van der Waals surface area contributed by atoms with E-state index in [1.807, 2.05) is 0 Å². The van der Waals surface area contributed by atoms with E-state index in [1.165, 1.54) is 11.3 Å². The SMILES string of the molecule is Nc1nc(N)c(NC(=O)CNC(=O)c2cccs2)c(N)n1. The van der Waals surface area contributed by atoms with Gasteiger partial charge in [0, 0.05) is 0 Å².